The number of rotatable bonds is 2. The molecule has 0 aliphatic carbocycles. The molecule has 1 aromatic rings. The van der Waals surface area contributed by atoms with Gasteiger partial charge in [0.15, 0.2) is 0 Å². The molecule has 12 heavy (non-hydrogen) atoms. The molecule has 0 heterocycles. The molecule has 4 nitrogen and oxygen atoms in total. The smallest absolute Gasteiger partial charge is 0.123 e. The molecular formula is C8H11NO3. The number of nitrogen functional groups attached to an aromatic ring is 1. The van der Waals surface area contributed by atoms with Gasteiger partial charge in [-0.1, -0.05) is 6.07 Å². The van der Waals surface area contributed by atoms with E-state index >= 15 is 0 Å². The largest absolute Gasteiger partial charge is 0.507 e. The number of aliphatic hydroxyl groups is 2. The van der Waals surface area contributed by atoms with Crippen LogP contribution in [-0.2, 0) is 0 Å². The van der Waals surface area contributed by atoms with Crippen LogP contribution in [-0.4, -0.2) is 21.9 Å². The third-order valence-electron chi connectivity index (χ3n) is 1.59. The van der Waals surface area contributed by atoms with E-state index in [4.69, 9.17) is 15.9 Å². The molecule has 1 atom stereocenters. The van der Waals surface area contributed by atoms with Crippen LogP contribution in [0, 0.1) is 0 Å². The summed E-state index contributed by atoms with van der Waals surface area (Å²) in [6.45, 7) is -0.419. The molecule has 0 aromatic heterocycles. The highest BCUT2D eigenvalue weighted by molar-refractivity contribution is 5.48. The number of aromatic hydroxyl groups is 1. The van der Waals surface area contributed by atoms with E-state index in [0.29, 0.717) is 5.69 Å². The van der Waals surface area contributed by atoms with Gasteiger partial charge in [0.2, 0.25) is 0 Å². The van der Waals surface area contributed by atoms with Crippen molar-refractivity contribution in [2.24, 2.45) is 0 Å². The first-order valence-corrected chi connectivity index (χ1v) is 3.52. The summed E-state index contributed by atoms with van der Waals surface area (Å²) in [5.74, 6) is -0.100. The summed E-state index contributed by atoms with van der Waals surface area (Å²) in [5.41, 5.74) is 6.07. The number of aliphatic hydroxyl groups excluding tert-OH is 2. The number of hydrogen-bond donors (Lipinski definition) is 4. The predicted molar refractivity (Wildman–Crippen MR) is 44.6 cm³/mol. The second-order valence-electron chi connectivity index (χ2n) is 2.52. The molecule has 0 fully saturated rings. The lowest BCUT2D eigenvalue weighted by atomic mass is 10.1. The number of phenolic OH excluding ortho intramolecular Hbond substituents is 1. The van der Waals surface area contributed by atoms with Gasteiger partial charge in [-0.25, -0.2) is 0 Å². The standard InChI is InChI=1S/C8H11NO3/c9-5-1-2-6(7(11)3-5)8(12)4-10/h1-3,8,10-12H,4,9H2. The highest BCUT2D eigenvalue weighted by atomic mass is 16.3. The minimum Gasteiger partial charge on any atom is -0.507 e. The quantitative estimate of drug-likeness (QED) is 0.469. The molecule has 0 aliphatic heterocycles. The average molecular weight is 169 g/mol. The second-order valence-corrected chi connectivity index (χ2v) is 2.52. The summed E-state index contributed by atoms with van der Waals surface area (Å²) in [7, 11) is 0. The van der Waals surface area contributed by atoms with Gasteiger partial charge in [-0.05, 0) is 6.07 Å². The average Bonchev–Trinajstić information content (AvgIpc) is 2.03. The Kier molecular flexibility index (Phi) is 2.52. The first-order valence-electron chi connectivity index (χ1n) is 3.52. The zero-order chi connectivity index (χ0) is 9.14. The van der Waals surface area contributed by atoms with Gasteiger partial charge in [0.25, 0.3) is 0 Å². The Balaban J connectivity index is 3.01. The monoisotopic (exact) mass is 169 g/mol. The Morgan fingerprint density at radius 1 is 1.42 bits per heavy atom. The molecule has 1 rings (SSSR count). The number of phenols is 1. The van der Waals surface area contributed by atoms with Gasteiger partial charge in [0.1, 0.15) is 11.9 Å². The molecule has 0 amide bonds. The summed E-state index contributed by atoms with van der Waals surface area (Å²) in [4.78, 5) is 0. The molecule has 0 saturated carbocycles. The highest BCUT2D eigenvalue weighted by Crippen LogP contribution is 2.25. The van der Waals surface area contributed by atoms with Crippen LogP contribution >= 0.6 is 0 Å². The normalized spacial score (nSPS) is 12.8. The Labute approximate surface area is 69.9 Å². The summed E-state index contributed by atoms with van der Waals surface area (Å²) >= 11 is 0. The predicted octanol–water partition coefficient (Wildman–Crippen LogP) is 0.000100. The summed E-state index contributed by atoms with van der Waals surface area (Å²) < 4.78 is 0. The van der Waals surface area contributed by atoms with Crippen LogP contribution in [0.1, 0.15) is 11.7 Å². The van der Waals surface area contributed by atoms with Crippen molar-refractivity contribution in [3.63, 3.8) is 0 Å². The molecule has 0 saturated heterocycles. The van der Waals surface area contributed by atoms with Crippen LogP contribution < -0.4 is 5.73 Å². The van der Waals surface area contributed by atoms with Crippen LogP contribution in [0.4, 0.5) is 5.69 Å². The fourth-order valence-electron chi connectivity index (χ4n) is 0.941. The van der Waals surface area contributed by atoms with E-state index in [1.54, 1.807) is 6.07 Å². The summed E-state index contributed by atoms with van der Waals surface area (Å²) in [5, 5.41) is 27.0. The van der Waals surface area contributed by atoms with Gasteiger partial charge in [0.05, 0.1) is 6.61 Å². The first kappa shape index (κ1) is 8.83. The van der Waals surface area contributed by atoms with Gasteiger partial charge in [0, 0.05) is 17.3 Å². The summed E-state index contributed by atoms with van der Waals surface area (Å²) in [6.07, 6.45) is -1.05. The van der Waals surface area contributed by atoms with Gasteiger partial charge in [-0.15, -0.1) is 0 Å². The van der Waals surface area contributed by atoms with Crippen molar-refractivity contribution in [1.29, 1.82) is 0 Å². The van der Waals surface area contributed by atoms with Crippen LogP contribution in [0.25, 0.3) is 0 Å². The van der Waals surface area contributed by atoms with Crippen molar-refractivity contribution >= 4 is 5.69 Å². The highest BCUT2D eigenvalue weighted by Gasteiger charge is 2.10. The van der Waals surface area contributed by atoms with Gasteiger partial charge < -0.3 is 21.1 Å². The van der Waals surface area contributed by atoms with E-state index in [9.17, 15) is 5.11 Å². The Morgan fingerprint density at radius 2 is 2.08 bits per heavy atom. The van der Waals surface area contributed by atoms with Crippen molar-refractivity contribution in [2.75, 3.05) is 12.3 Å². The molecule has 1 unspecified atom stereocenters. The molecule has 5 N–H and O–H groups in total. The fourth-order valence-corrected chi connectivity index (χ4v) is 0.941. The molecule has 0 spiro atoms. The third-order valence-corrected chi connectivity index (χ3v) is 1.59. The van der Waals surface area contributed by atoms with E-state index in [-0.39, 0.29) is 11.3 Å². The Bertz CT molecular complexity index is 275. The van der Waals surface area contributed by atoms with Crippen molar-refractivity contribution < 1.29 is 15.3 Å². The minimum atomic E-state index is -1.05. The lowest BCUT2D eigenvalue weighted by Gasteiger charge is -2.09. The van der Waals surface area contributed by atoms with E-state index in [1.807, 2.05) is 0 Å². The van der Waals surface area contributed by atoms with Crippen LogP contribution in [0.15, 0.2) is 18.2 Å². The summed E-state index contributed by atoms with van der Waals surface area (Å²) in [6, 6.07) is 4.35. The molecule has 0 aliphatic rings. The van der Waals surface area contributed by atoms with Crippen LogP contribution in [0.5, 0.6) is 5.75 Å². The second kappa shape index (κ2) is 3.42. The van der Waals surface area contributed by atoms with E-state index in [0.717, 1.165) is 0 Å². The minimum absolute atomic E-state index is 0.100. The van der Waals surface area contributed by atoms with Crippen LogP contribution in [0.2, 0.25) is 0 Å². The Hall–Kier alpha value is -1.26. The maximum atomic E-state index is 9.24. The maximum Gasteiger partial charge on any atom is 0.123 e. The number of benzene rings is 1. The van der Waals surface area contributed by atoms with Crippen molar-refractivity contribution in [2.45, 2.75) is 6.10 Å². The maximum absolute atomic E-state index is 9.24. The topological polar surface area (TPSA) is 86.7 Å². The number of hydrogen-bond acceptors (Lipinski definition) is 4. The van der Waals surface area contributed by atoms with Gasteiger partial charge in [-0.3, -0.25) is 0 Å². The molecule has 1 aromatic carbocycles. The number of anilines is 1. The van der Waals surface area contributed by atoms with Crippen molar-refractivity contribution in [3.8, 4) is 5.75 Å². The molecule has 4 heteroatoms. The lowest BCUT2D eigenvalue weighted by molar-refractivity contribution is 0.0935. The van der Waals surface area contributed by atoms with E-state index in [1.165, 1.54) is 12.1 Å². The molecule has 0 bridgehead atoms. The van der Waals surface area contributed by atoms with E-state index < -0.39 is 12.7 Å². The zero-order valence-corrected chi connectivity index (χ0v) is 6.44. The van der Waals surface area contributed by atoms with Gasteiger partial charge >= 0.3 is 0 Å². The van der Waals surface area contributed by atoms with E-state index in [2.05, 4.69) is 0 Å². The van der Waals surface area contributed by atoms with Crippen LogP contribution in [0.3, 0.4) is 0 Å². The van der Waals surface area contributed by atoms with Crippen molar-refractivity contribution in [1.82, 2.24) is 0 Å². The van der Waals surface area contributed by atoms with Crippen molar-refractivity contribution in [3.05, 3.63) is 23.8 Å². The Morgan fingerprint density at radius 3 is 2.58 bits per heavy atom. The number of nitrogens with two attached hydrogens (primary N) is 1. The zero-order valence-electron chi connectivity index (χ0n) is 6.44. The van der Waals surface area contributed by atoms with Gasteiger partial charge in [-0.2, -0.15) is 0 Å². The molecular weight excluding hydrogens is 158 g/mol. The molecule has 66 valence electrons. The lowest BCUT2D eigenvalue weighted by Crippen LogP contribution is -2.02. The molecule has 0 radical (unpaired) electrons. The fraction of sp³-hybridized carbons (Fsp3) is 0.250. The SMILES string of the molecule is Nc1ccc(C(O)CO)c(O)c1. The first-order chi connectivity index (χ1) is 5.65. The third kappa shape index (κ3) is 1.66.